The third-order valence-corrected chi connectivity index (χ3v) is 7.04. The van der Waals surface area contributed by atoms with Crippen LogP contribution in [0.25, 0.3) is 11.0 Å². The number of hydrogen-bond acceptors (Lipinski definition) is 8. The lowest BCUT2D eigenvalue weighted by Gasteiger charge is -2.32. The van der Waals surface area contributed by atoms with Crippen LogP contribution in [0.2, 0.25) is 0 Å². The number of imidazole rings is 1. The van der Waals surface area contributed by atoms with Crippen LogP contribution in [0.5, 0.6) is 0 Å². The first kappa shape index (κ1) is 32.1. The van der Waals surface area contributed by atoms with Gasteiger partial charge in [-0.2, -0.15) is 0 Å². The molecule has 42 heavy (non-hydrogen) atoms. The van der Waals surface area contributed by atoms with Crippen LogP contribution in [0.3, 0.4) is 0 Å². The van der Waals surface area contributed by atoms with Gasteiger partial charge in [-0.3, -0.25) is 15.0 Å². The molecule has 1 aromatic heterocycles. The van der Waals surface area contributed by atoms with Gasteiger partial charge in [0, 0.05) is 38.3 Å². The molecule has 0 bridgehead atoms. The molecule has 0 spiro atoms. The first-order valence-corrected chi connectivity index (χ1v) is 13.8. The number of rotatable bonds is 11. The van der Waals surface area contributed by atoms with Crippen LogP contribution in [0.1, 0.15) is 50.6 Å². The third kappa shape index (κ3) is 8.06. The predicted molar refractivity (Wildman–Crippen MR) is 159 cm³/mol. The zero-order valence-electron chi connectivity index (χ0n) is 24.6. The Morgan fingerprint density at radius 1 is 1.14 bits per heavy atom. The number of carboxylic acid groups (broad SMARTS) is 1. The highest BCUT2D eigenvalue weighted by Crippen LogP contribution is 2.31. The molecule has 0 aliphatic carbocycles. The molecule has 4 rings (SSSR count). The van der Waals surface area contributed by atoms with Crippen LogP contribution in [0.15, 0.2) is 42.5 Å². The second-order valence-corrected chi connectivity index (χ2v) is 10.3. The van der Waals surface area contributed by atoms with E-state index in [1.54, 1.807) is 19.1 Å². The molecular formula is C30H40N6O6. The Kier molecular flexibility index (Phi) is 11.0. The van der Waals surface area contributed by atoms with Crippen LogP contribution >= 0.6 is 0 Å². The van der Waals surface area contributed by atoms with Crippen LogP contribution in [-0.2, 0) is 42.9 Å². The number of aromatic nitrogens is 2. The van der Waals surface area contributed by atoms with Crippen LogP contribution < -0.4 is 11.1 Å². The Hall–Kier alpha value is -4.45. The van der Waals surface area contributed by atoms with Crippen molar-refractivity contribution < 1.29 is 29.0 Å². The van der Waals surface area contributed by atoms with E-state index < -0.39 is 17.4 Å². The van der Waals surface area contributed by atoms with E-state index in [4.69, 9.17) is 35.5 Å². The summed E-state index contributed by atoms with van der Waals surface area (Å²) in [5, 5.41) is 18.3. The van der Waals surface area contributed by atoms with Gasteiger partial charge >= 0.3 is 5.97 Å². The van der Waals surface area contributed by atoms with Gasteiger partial charge in [-0.15, -0.1) is 0 Å². The number of amidine groups is 1. The van der Waals surface area contributed by atoms with Gasteiger partial charge in [-0.05, 0) is 68.7 Å². The number of aryl methyl sites for hydroxylation is 1. The van der Waals surface area contributed by atoms with Crippen molar-refractivity contribution in [1.29, 1.82) is 5.41 Å². The van der Waals surface area contributed by atoms with Gasteiger partial charge in [0.2, 0.25) is 5.91 Å². The quantitative estimate of drug-likeness (QED) is 0.151. The molecular weight excluding hydrogens is 540 g/mol. The highest BCUT2D eigenvalue weighted by atomic mass is 16.6. The van der Waals surface area contributed by atoms with Gasteiger partial charge in [-0.25, -0.2) is 9.78 Å². The van der Waals surface area contributed by atoms with Crippen LogP contribution in [0, 0.1) is 5.41 Å². The Morgan fingerprint density at radius 2 is 1.79 bits per heavy atom. The average Bonchev–Trinajstić information content (AvgIpc) is 3.59. The van der Waals surface area contributed by atoms with E-state index >= 15 is 0 Å². The average molecular weight is 581 g/mol. The summed E-state index contributed by atoms with van der Waals surface area (Å²) in [6.45, 7) is 6.78. The molecule has 1 saturated heterocycles. The number of nitrogens with zero attached hydrogens (tertiary/aromatic N) is 3. The van der Waals surface area contributed by atoms with E-state index in [1.807, 2.05) is 53.8 Å². The van der Waals surface area contributed by atoms with E-state index in [2.05, 4.69) is 5.32 Å². The number of nitrogens with two attached hydrogens (primary N) is 1. The summed E-state index contributed by atoms with van der Waals surface area (Å²) in [6, 6.07) is 13.2. The maximum atomic E-state index is 13.7. The normalized spacial score (nSPS) is 14.0. The van der Waals surface area contributed by atoms with E-state index in [9.17, 15) is 9.59 Å². The van der Waals surface area contributed by atoms with E-state index in [1.165, 1.54) is 0 Å². The Bertz CT molecular complexity index is 1410. The molecule has 12 nitrogen and oxygen atoms in total. The van der Waals surface area contributed by atoms with Crippen molar-refractivity contribution in [2.75, 3.05) is 38.2 Å². The number of fused-ring (bicyclic) bond motifs is 1. The van der Waals surface area contributed by atoms with Gasteiger partial charge in [0.15, 0.2) is 0 Å². The number of aliphatic carboxylic acids is 1. The number of carboxylic acids is 1. The SMILES string of the molecule is CC(=O)O.CCOC(=O)COCC(C)(C(=O)N1CCCC1)c1ccc2c(c1)nc(CNc1ccc(C(=N)N)cc1)n2C. The number of amides is 1. The third-order valence-electron chi connectivity index (χ3n) is 7.04. The second kappa shape index (κ2) is 14.4. The fourth-order valence-corrected chi connectivity index (χ4v) is 4.78. The maximum absolute atomic E-state index is 13.7. The van der Waals surface area contributed by atoms with Crippen molar-refractivity contribution in [3.8, 4) is 0 Å². The zero-order valence-corrected chi connectivity index (χ0v) is 24.6. The minimum absolute atomic E-state index is 0.00922. The lowest BCUT2D eigenvalue weighted by atomic mass is 9.81. The summed E-state index contributed by atoms with van der Waals surface area (Å²) in [4.78, 5) is 41.2. The molecule has 1 aliphatic rings. The van der Waals surface area contributed by atoms with Gasteiger partial charge in [-0.1, -0.05) is 6.07 Å². The largest absolute Gasteiger partial charge is 0.481 e. The van der Waals surface area contributed by atoms with E-state index in [0.29, 0.717) is 12.1 Å². The summed E-state index contributed by atoms with van der Waals surface area (Å²) in [5.74, 6) is -0.426. The number of ether oxygens (including phenoxy) is 2. The molecule has 5 N–H and O–H groups in total. The highest BCUT2D eigenvalue weighted by molar-refractivity contribution is 5.95. The van der Waals surface area contributed by atoms with Crippen molar-refractivity contribution in [2.45, 2.75) is 45.6 Å². The van der Waals surface area contributed by atoms with Crippen molar-refractivity contribution in [3.63, 3.8) is 0 Å². The topological polar surface area (TPSA) is 173 Å². The Balaban J connectivity index is 0.00000114. The lowest BCUT2D eigenvalue weighted by Crippen LogP contribution is -2.47. The number of hydrogen-bond donors (Lipinski definition) is 4. The van der Waals surface area contributed by atoms with Crippen molar-refractivity contribution in [1.82, 2.24) is 14.5 Å². The minimum atomic E-state index is -0.973. The molecule has 1 unspecified atom stereocenters. The monoisotopic (exact) mass is 580 g/mol. The first-order chi connectivity index (χ1) is 20.0. The molecule has 1 amide bonds. The molecule has 226 valence electrons. The van der Waals surface area contributed by atoms with Gasteiger partial charge in [0.05, 0.1) is 36.2 Å². The maximum Gasteiger partial charge on any atom is 0.332 e. The molecule has 0 saturated carbocycles. The number of likely N-dealkylation sites (tertiary alicyclic amines) is 1. The predicted octanol–water partition coefficient (Wildman–Crippen LogP) is 3.02. The summed E-state index contributed by atoms with van der Waals surface area (Å²) in [6.07, 6.45) is 1.97. The van der Waals surface area contributed by atoms with Crippen molar-refractivity contribution in [2.24, 2.45) is 12.8 Å². The molecule has 2 heterocycles. The Morgan fingerprint density at radius 3 is 2.38 bits per heavy atom. The van der Waals surface area contributed by atoms with Crippen molar-refractivity contribution in [3.05, 3.63) is 59.4 Å². The smallest absolute Gasteiger partial charge is 0.332 e. The van der Waals surface area contributed by atoms with E-state index in [-0.39, 0.29) is 31.6 Å². The fraction of sp³-hybridized carbons (Fsp3) is 0.433. The van der Waals surface area contributed by atoms with Gasteiger partial charge in [0.1, 0.15) is 18.3 Å². The number of carbonyl (C=O) groups is 3. The number of esters is 1. The number of nitrogen functional groups attached to an aromatic ring is 1. The lowest BCUT2D eigenvalue weighted by molar-refractivity contribution is -0.151. The number of anilines is 1. The van der Waals surface area contributed by atoms with E-state index in [0.717, 1.165) is 61.0 Å². The summed E-state index contributed by atoms with van der Waals surface area (Å²) in [7, 11) is 1.96. The molecule has 1 aliphatic heterocycles. The number of benzene rings is 2. The van der Waals surface area contributed by atoms with Crippen LogP contribution in [-0.4, -0.2) is 76.1 Å². The first-order valence-electron chi connectivity index (χ1n) is 13.8. The number of nitrogens with one attached hydrogen (secondary N) is 2. The molecule has 12 heteroatoms. The van der Waals surface area contributed by atoms with Crippen molar-refractivity contribution >= 4 is 40.4 Å². The fourth-order valence-electron chi connectivity index (χ4n) is 4.78. The summed E-state index contributed by atoms with van der Waals surface area (Å²) >= 11 is 0. The highest BCUT2D eigenvalue weighted by Gasteiger charge is 2.40. The molecule has 1 atom stereocenters. The Labute approximate surface area is 245 Å². The summed E-state index contributed by atoms with van der Waals surface area (Å²) < 4.78 is 12.7. The molecule has 0 radical (unpaired) electrons. The van der Waals surface area contributed by atoms with Gasteiger partial charge < -0.3 is 35.1 Å². The standard InChI is InChI=1S/C28H36N6O4.C2H4O2/c1-4-38-25(35)17-37-18-28(2,27(36)34-13-5-6-14-34)20-9-12-23-22(15-20)32-24(33(23)3)16-31-21-10-7-19(8-11-21)26(29)30;1-2(3)4/h7-12,15,31H,4-6,13-14,16-18H2,1-3H3,(H3,29,30);1H3,(H,3,4). The summed E-state index contributed by atoms with van der Waals surface area (Å²) in [5.41, 5.74) is 8.65. The van der Waals surface area contributed by atoms with Crippen LogP contribution in [0.4, 0.5) is 5.69 Å². The zero-order chi connectivity index (χ0) is 30.9. The second-order valence-electron chi connectivity index (χ2n) is 10.3. The van der Waals surface area contributed by atoms with Gasteiger partial charge in [0.25, 0.3) is 5.97 Å². The molecule has 1 fully saturated rings. The number of carbonyl (C=O) groups excluding carboxylic acids is 2. The minimum Gasteiger partial charge on any atom is -0.481 e. The molecule has 3 aromatic rings. The molecule has 2 aromatic carbocycles.